The lowest BCUT2D eigenvalue weighted by atomic mass is 9.69. The van der Waals surface area contributed by atoms with Gasteiger partial charge in [-0.3, -0.25) is 4.79 Å². The Labute approximate surface area is 221 Å². The van der Waals surface area contributed by atoms with Crippen molar-refractivity contribution in [2.45, 2.75) is 38.4 Å². The molecule has 0 aromatic heterocycles. The lowest BCUT2D eigenvalue weighted by Gasteiger charge is -2.39. The van der Waals surface area contributed by atoms with Gasteiger partial charge in [0.1, 0.15) is 0 Å². The molecule has 0 unspecified atom stereocenters. The zero-order chi connectivity index (χ0) is 26.0. The molecule has 2 aliphatic rings. The molecule has 188 valence electrons. The van der Waals surface area contributed by atoms with E-state index in [-0.39, 0.29) is 11.2 Å². The molecule has 0 saturated heterocycles. The third kappa shape index (κ3) is 5.07. The summed E-state index contributed by atoms with van der Waals surface area (Å²) in [6, 6.07) is 13.7. The highest BCUT2D eigenvalue weighted by Crippen LogP contribution is 2.50. The Morgan fingerprint density at radius 2 is 1.72 bits per heavy atom. The van der Waals surface area contributed by atoms with Crippen molar-refractivity contribution in [3.63, 3.8) is 0 Å². The fourth-order valence-corrected chi connectivity index (χ4v) is 5.97. The number of nitriles is 1. The lowest BCUT2D eigenvalue weighted by molar-refractivity contribution is -0.118. The number of ether oxygens (including phenoxy) is 3. The fraction of sp³-hybridized carbons (Fsp3) is 0.357. The summed E-state index contributed by atoms with van der Waals surface area (Å²) in [5, 5.41) is 15.3. The summed E-state index contributed by atoms with van der Waals surface area (Å²) in [6.45, 7) is 4.18. The monoisotopic (exact) mass is 524 g/mol. The molecule has 0 spiro atoms. The van der Waals surface area contributed by atoms with Crippen LogP contribution in [0.1, 0.15) is 43.7 Å². The van der Waals surface area contributed by atoms with Crippen molar-refractivity contribution in [2.75, 3.05) is 21.3 Å². The molecular formula is C28H29ClN2O4S. The number of nitrogens with zero attached hydrogens (tertiary/aromatic N) is 1. The molecule has 1 aliphatic carbocycles. The summed E-state index contributed by atoms with van der Waals surface area (Å²) < 4.78 is 16.7. The number of allylic oxidation sites excluding steroid dienone is 3. The third-order valence-corrected chi connectivity index (χ3v) is 7.78. The normalized spacial score (nSPS) is 18.8. The van der Waals surface area contributed by atoms with Gasteiger partial charge in [0.05, 0.1) is 43.9 Å². The van der Waals surface area contributed by atoms with E-state index in [2.05, 4.69) is 25.2 Å². The molecule has 0 fully saturated rings. The fourth-order valence-electron chi connectivity index (χ4n) is 4.83. The molecule has 0 saturated carbocycles. The number of benzene rings is 2. The van der Waals surface area contributed by atoms with Gasteiger partial charge < -0.3 is 19.5 Å². The number of halogens is 1. The van der Waals surface area contributed by atoms with Gasteiger partial charge in [-0.05, 0) is 47.2 Å². The summed E-state index contributed by atoms with van der Waals surface area (Å²) in [7, 11) is 4.65. The quantitative estimate of drug-likeness (QED) is 0.451. The smallest absolute Gasteiger partial charge is 0.203 e. The minimum absolute atomic E-state index is 0.0435. The zero-order valence-electron chi connectivity index (χ0n) is 21.0. The Hall–Kier alpha value is -3.08. The highest BCUT2D eigenvalue weighted by molar-refractivity contribution is 8.02. The standard InChI is InChI=1S/C28H29ClN2O4S/c1-28(2)12-20-25(21(32)13-28)24(17-10-22(33-3)26(35-5)23(11-17)34-4)19(14-30)27(31-20)36-15-16-6-8-18(29)9-7-16/h6-11,24,31H,12-13,15H2,1-5H3/t24-/m0/s1. The second-order valence-corrected chi connectivity index (χ2v) is 11.0. The van der Waals surface area contributed by atoms with E-state index >= 15 is 0 Å². The topological polar surface area (TPSA) is 80.6 Å². The first kappa shape index (κ1) is 26.0. The van der Waals surface area contributed by atoms with Crippen LogP contribution in [0.25, 0.3) is 0 Å². The molecule has 1 heterocycles. The maximum Gasteiger partial charge on any atom is 0.203 e. The number of hydrogen-bond acceptors (Lipinski definition) is 7. The Morgan fingerprint density at radius 3 is 2.28 bits per heavy atom. The van der Waals surface area contributed by atoms with Gasteiger partial charge >= 0.3 is 0 Å². The van der Waals surface area contributed by atoms with Crippen molar-refractivity contribution in [1.29, 1.82) is 5.26 Å². The van der Waals surface area contributed by atoms with Crippen LogP contribution in [0, 0.1) is 16.7 Å². The molecule has 1 atom stereocenters. The Bertz CT molecular complexity index is 1270. The minimum atomic E-state index is -0.545. The summed E-state index contributed by atoms with van der Waals surface area (Å²) in [5.41, 5.74) is 3.64. The SMILES string of the molecule is COc1cc([C@H]2C(C#N)=C(SCc3ccc(Cl)cc3)NC3=C2C(=O)CC(C)(C)C3)cc(OC)c1OC. The van der Waals surface area contributed by atoms with Gasteiger partial charge in [0, 0.05) is 28.5 Å². The zero-order valence-corrected chi connectivity index (χ0v) is 22.6. The van der Waals surface area contributed by atoms with Crippen molar-refractivity contribution in [2.24, 2.45) is 5.41 Å². The number of Topliss-reactive ketones (excluding diaryl/α,β-unsaturated/α-hetero) is 1. The van der Waals surface area contributed by atoms with Crippen LogP contribution in [-0.2, 0) is 10.5 Å². The molecular weight excluding hydrogens is 496 g/mol. The van der Waals surface area contributed by atoms with E-state index in [1.807, 2.05) is 36.4 Å². The first-order valence-electron chi connectivity index (χ1n) is 11.6. The predicted molar refractivity (Wildman–Crippen MR) is 142 cm³/mol. The maximum absolute atomic E-state index is 13.5. The summed E-state index contributed by atoms with van der Waals surface area (Å²) in [6.07, 6.45) is 1.12. The average Bonchev–Trinajstić information content (AvgIpc) is 2.85. The Kier molecular flexibility index (Phi) is 7.58. The van der Waals surface area contributed by atoms with E-state index in [9.17, 15) is 10.1 Å². The third-order valence-electron chi connectivity index (χ3n) is 6.44. The number of methoxy groups -OCH3 is 3. The number of carbonyl (C=O) groups is 1. The van der Waals surface area contributed by atoms with Crippen molar-refractivity contribution >= 4 is 29.1 Å². The number of hydrogen-bond donors (Lipinski definition) is 1. The maximum atomic E-state index is 13.5. The van der Waals surface area contributed by atoms with Crippen LogP contribution < -0.4 is 19.5 Å². The summed E-state index contributed by atoms with van der Waals surface area (Å²) in [5.74, 6) is 1.56. The van der Waals surface area contributed by atoms with Crippen LogP contribution in [0.15, 0.2) is 58.3 Å². The average molecular weight is 525 g/mol. The number of thioether (sulfide) groups is 1. The van der Waals surface area contributed by atoms with E-state index in [0.29, 0.717) is 52.0 Å². The first-order valence-corrected chi connectivity index (χ1v) is 12.9. The van der Waals surface area contributed by atoms with Gasteiger partial charge in [0.2, 0.25) is 5.75 Å². The van der Waals surface area contributed by atoms with Crippen LogP contribution in [0.5, 0.6) is 17.2 Å². The van der Waals surface area contributed by atoms with Gasteiger partial charge in [-0.1, -0.05) is 37.6 Å². The molecule has 36 heavy (non-hydrogen) atoms. The van der Waals surface area contributed by atoms with Gasteiger partial charge in [-0.2, -0.15) is 5.26 Å². The molecule has 8 heteroatoms. The number of dihydropyridines is 1. The summed E-state index contributed by atoms with van der Waals surface area (Å²) >= 11 is 7.58. The van der Waals surface area contributed by atoms with Gasteiger partial charge in [-0.25, -0.2) is 0 Å². The molecule has 2 aromatic carbocycles. The Morgan fingerprint density at radius 1 is 1.08 bits per heavy atom. The van der Waals surface area contributed by atoms with E-state index in [1.165, 1.54) is 0 Å². The highest BCUT2D eigenvalue weighted by atomic mass is 35.5. The molecule has 1 aliphatic heterocycles. The van der Waals surface area contributed by atoms with Gasteiger partial charge in [0.15, 0.2) is 17.3 Å². The molecule has 4 rings (SSSR count). The Balaban J connectivity index is 1.85. The van der Waals surface area contributed by atoms with E-state index in [1.54, 1.807) is 33.1 Å². The van der Waals surface area contributed by atoms with Crippen molar-refractivity contribution < 1.29 is 19.0 Å². The number of carbonyl (C=O) groups excluding carboxylic acids is 1. The van der Waals surface area contributed by atoms with Gasteiger partial charge in [0.25, 0.3) is 0 Å². The first-order chi connectivity index (χ1) is 17.2. The minimum Gasteiger partial charge on any atom is -0.493 e. The van der Waals surface area contributed by atoms with Crippen LogP contribution in [0.4, 0.5) is 0 Å². The lowest BCUT2D eigenvalue weighted by Crippen LogP contribution is -2.36. The molecule has 0 amide bonds. The molecule has 2 aromatic rings. The number of rotatable bonds is 7. The van der Waals surface area contributed by atoms with E-state index < -0.39 is 5.92 Å². The second kappa shape index (κ2) is 10.5. The van der Waals surface area contributed by atoms with Crippen LogP contribution in [0.3, 0.4) is 0 Å². The van der Waals surface area contributed by atoms with E-state index in [0.717, 1.165) is 21.9 Å². The second-order valence-electron chi connectivity index (χ2n) is 9.62. The van der Waals surface area contributed by atoms with Crippen molar-refractivity contribution in [1.82, 2.24) is 5.32 Å². The van der Waals surface area contributed by atoms with Crippen LogP contribution in [0.2, 0.25) is 5.02 Å². The largest absolute Gasteiger partial charge is 0.493 e. The predicted octanol–water partition coefficient (Wildman–Crippen LogP) is 6.36. The van der Waals surface area contributed by atoms with Crippen LogP contribution >= 0.6 is 23.4 Å². The molecule has 0 radical (unpaired) electrons. The van der Waals surface area contributed by atoms with Crippen LogP contribution in [-0.4, -0.2) is 27.1 Å². The molecule has 6 nitrogen and oxygen atoms in total. The van der Waals surface area contributed by atoms with Gasteiger partial charge in [-0.15, -0.1) is 11.8 Å². The number of ketones is 1. The summed E-state index contributed by atoms with van der Waals surface area (Å²) in [4.78, 5) is 13.5. The molecule has 0 bridgehead atoms. The van der Waals surface area contributed by atoms with Crippen molar-refractivity contribution in [3.8, 4) is 23.3 Å². The highest BCUT2D eigenvalue weighted by Gasteiger charge is 2.42. The van der Waals surface area contributed by atoms with Crippen molar-refractivity contribution in [3.05, 3.63) is 74.4 Å². The van der Waals surface area contributed by atoms with E-state index in [4.69, 9.17) is 25.8 Å². The number of nitrogens with one attached hydrogen (secondary N) is 1. The molecule has 1 N–H and O–H groups in total.